The smallest absolute Gasteiger partial charge is 0.354 e. The lowest BCUT2D eigenvalue weighted by atomic mass is 9.94. The van der Waals surface area contributed by atoms with Gasteiger partial charge in [-0.05, 0) is 53.4 Å². The van der Waals surface area contributed by atoms with E-state index in [0.717, 1.165) is 22.3 Å². The van der Waals surface area contributed by atoms with Gasteiger partial charge in [0.15, 0.2) is 0 Å². The van der Waals surface area contributed by atoms with Crippen LogP contribution in [0.5, 0.6) is 0 Å². The van der Waals surface area contributed by atoms with Crippen LogP contribution >= 0.6 is 0 Å². The van der Waals surface area contributed by atoms with Gasteiger partial charge in [-0.25, -0.2) is 9.78 Å². The zero-order chi connectivity index (χ0) is 21.1. The fourth-order valence-corrected chi connectivity index (χ4v) is 3.25. The highest BCUT2D eigenvalue weighted by Gasteiger charge is 2.15. The summed E-state index contributed by atoms with van der Waals surface area (Å²) in [6.07, 6.45) is 1.41. The maximum absolute atomic E-state index is 11.0. The standard InChI is InChI=1S/C23H19N3O4/c1-14-5-3-4-6-18(14)19-9-7-15(11-17(19)13-29-2)22-25-21(26-30-22)16-8-10-20(23(27)28)24-12-16/h3-12H,13H2,1-2H3,(H,27,28). The van der Waals surface area contributed by atoms with E-state index >= 15 is 0 Å². The average Bonchev–Trinajstić information content (AvgIpc) is 3.25. The third-order valence-electron chi connectivity index (χ3n) is 4.75. The van der Waals surface area contributed by atoms with E-state index in [1.54, 1.807) is 13.2 Å². The Hall–Kier alpha value is -3.84. The highest BCUT2D eigenvalue weighted by atomic mass is 16.5. The molecule has 0 bridgehead atoms. The van der Waals surface area contributed by atoms with Gasteiger partial charge in [0, 0.05) is 24.4 Å². The molecular weight excluding hydrogens is 382 g/mol. The van der Waals surface area contributed by atoms with Gasteiger partial charge in [-0.15, -0.1) is 0 Å². The predicted molar refractivity (Wildman–Crippen MR) is 111 cm³/mol. The lowest BCUT2D eigenvalue weighted by Gasteiger charge is -2.12. The van der Waals surface area contributed by atoms with Crippen molar-refractivity contribution in [2.45, 2.75) is 13.5 Å². The normalized spacial score (nSPS) is 10.9. The maximum atomic E-state index is 11.0. The topological polar surface area (TPSA) is 98.3 Å². The van der Waals surface area contributed by atoms with E-state index in [4.69, 9.17) is 14.4 Å². The molecule has 0 saturated heterocycles. The van der Waals surface area contributed by atoms with Crippen LogP contribution in [0.3, 0.4) is 0 Å². The summed E-state index contributed by atoms with van der Waals surface area (Å²) in [5, 5.41) is 13.0. The number of benzene rings is 2. The molecular formula is C23H19N3O4. The number of hydrogen-bond acceptors (Lipinski definition) is 6. The molecule has 0 fully saturated rings. The summed E-state index contributed by atoms with van der Waals surface area (Å²) in [7, 11) is 1.66. The summed E-state index contributed by atoms with van der Waals surface area (Å²) in [5.74, 6) is -0.388. The summed E-state index contributed by atoms with van der Waals surface area (Å²) in [6, 6.07) is 17.1. The first-order valence-electron chi connectivity index (χ1n) is 9.28. The molecule has 0 spiro atoms. The highest BCUT2D eigenvalue weighted by Crippen LogP contribution is 2.31. The number of nitrogens with zero attached hydrogens (tertiary/aromatic N) is 3. The molecule has 0 aliphatic rings. The Labute approximate surface area is 173 Å². The molecule has 0 unspecified atom stereocenters. The second-order valence-corrected chi connectivity index (χ2v) is 6.78. The van der Waals surface area contributed by atoms with Crippen LogP contribution in [0.25, 0.3) is 34.0 Å². The van der Waals surface area contributed by atoms with Gasteiger partial charge in [-0.1, -0.05) is 35.5 Å². The SMILES string of the molecule is COCc1cc(-c2nc(-c3ccc(C(=O)O)nc3)no2)ccc1-c1ccccc1C. The fourth-order valence-electron chi connectivity index (χ4n) is 3.25. The number of aromatic nitrogens is 3. The van der Waals surface area contributed by atoms with Crippen LogP contribution in [-0.4, -0.2) is 33.3 Å². The number of carbonyl (C=O) groups is 1. The van der Waals surface area contributed by atoms with Crippen molar-refractivity contribution < 1.29 is 19.2 Å². The summed E-state index contributed by atoms with van der Waals surface area (Å²) in [6.45, 7) is 2.52. The number of pyridine rings is 1. The Kier molecular flexibility index (Phi) is 5.36. The Morgan fingerprint density at radius 2 is 1.87 bits per heavy atom. The third kappa shape index (κ3) is 3.83. The molecule has 7 nitrogen and oxygen atoms in total. The van der Waals surface area contributed by atoms with Gasteiger partial charge in [0.05, 0.1) is 6.61 Å². The van der Waals surface area contributed by atoms with Crippen molar-refractivity contribution >= 4 is 5.97 Å². The zero-order valence-corrected chi connectivity index (χ0v) is 16.5. The Bertz CT molecular complexity index is 1200. The molecule has 4 rings (SSSR count). The first kappa shape index (κ1) is 19.5. The van der Waals surface area contributed by atoms with Crippen molar-refractivity contribution in [3.63, 3.8) is 0 Å². The molecule has 2 aromatic heterocycles. The first-order valence-corrected chi connectivity index (χ1v) is 9.28. The Morgan fingerprint density at radius 1 is 1.07 bits per heavy atom. The molecule has 150 valence electrons. The van der Waals surface area contributed by atoms with E-state index in [2.05, 4.69) is 34.2 Å². The van der Waals surface area contributed by atoms with Crippen LogP contribution in [0.4, 0.5) is 0 Å². The number of aromatic carboxylic acids is 1. The number of aryl methyl sites for hydroxylation is 1. The molecule has 0 saturated carbocycles. The van der Waals surface area contributed by atoms with Gasteiger partial charge < -0.3 is 14.4 Å². The Balaban J connectivity index is 1.69. The molecule has 0 radical (unpaired) electrons. The first-order chi connectivity index (χ1) is 14.6. The van der Waals surface area contributed by atoms with E-state index in [-0.39, 0.29) is 5.69 Å². The van der Waals surface area contributed by atoms with Crippen LogP contribution in [0.2, 0.25) is 0 Å². The van der Waals surface area contributed by atoms with E-state index in [9.17, 15) is 4.79 Å². The van der Waals surface area contributed by atoms with Crippen LogP contribution in [0, 0.1) is 6.92 Å². The predicted octanol–water partition coefficient (Wildman–Crippen LogP) is 4.62. The van der Waals surface area contributed by atoms with E-state index in [1.165, 1.54) is 17.8 Å². The Morgan fingerprint density at radius 3 is 2.57 bits per heavy atom. The van der Waals surface area contributed by atoms with Crippen molar-refractivity contribution in [1.29, 1.82) is 0 Å². The molecule has 0 amide bonds. The maximum Gasteiger partial charge on any atom is 0.354 e. The quantitative estimate of drug-likeness (QED) is 0.503. The van der Waals surface area contributed by atoms with Crippen molar-refractivity contribution in [1.82, 2.24) is 15.1 Å². The second kappa shape index (κ2) is 8.26. The minimum absolute atomic E-state index is 0.0431. The van der Waals surface area contributed by atoms with Gasteiger partial charge >= 0.3 is 5.97 Å². The molecule has 0 aliphatic heterocycles. The van der Waals surface area contributed by atoms with Crippen LogP contribution in [0.15, 0.2) is 65.3 Å². The van der Waals surface area contributed by atoms with Crippen molar-refractivity contribution in [3.05, 3.63) is 77.6 Å². The highest BCUT2D eigenvalue weighted by molar-refractivity contribution is 5.85. The number of methoxy groups -OCH3 is 1. The number of ether oxygens (including phenoxy) is 1. The van der Waals surface area contributed by atoms with Crippen LogP contribution in [0.1, 0.15) is 21.6 Å². The van der Waals surface area contributed by atoms with Gasteiger partial charge in [-0.2, -0.15) is 4.98 Å². The molecule has 1 N–H and O–H groups in total. The summed E-state index contributed by atoms with van der Waals surface area (Å²) < 4.78 is 10.8. The van der Waals surface area contributed by atoms with Gasteiger partial charge in [0.1, 0.15) is 5.69 Å². The average molecular weight is 401 g/mol. The zero-order valence-electron chi connectivity index (χ0n) is 16.5. The number of hydrogen-bond donors (Lipinski definition) is 1. The molecule has 2 aromatic carbocycles. The third-order valence-corrected chi connectivity index (χ3v) is 4.75. The number of rotatable bonds is 6. The minimum Gasteiger partial charge on any atom is -0.477 e. The van der Waals surface area contributed by atoms with Crippen molar-refractivity contribution in [2.75, 3.05) is 7.11 Å². The lowest BCUT2D eigenvalue weighted by molar-refractivity contribution is 0.0690. The van der Waals surface area contributed by atoms with Crippen LogP contribution in [-0.2, 0) is 11.3 Å². The van der Waals surface area contributed by atoms with Gasteiger partial charge in [0.25, 0.3) is 5.89 Å². The molecule has 4 aromatic rings. The second-order valence-electron chi connectivity index (χ2n) is 6.78. The minimum atomic E-state index is -1.09. The summed E-state index contributed by atoms with van der Waals surface area (Å²) in [4.78, 5) is 19.3. The largest absolute Gasteiger partial charge is 0.477 e. The fraction of sp³-hybridized carbons (Fsp3) is 0.130. The van der Waals surface area contributed by atoms with E-state index in [1.807, 2.05) is 30.3 Å². The van der Waals surface area contributed by atoms with Gasteiger partial charge in [-0.3, -0.25) is 0 Å². The van der Waals surface area contributed by atoms with E-state index < -0.39 is 5.97 Å². The summed E-state index contributed by atoms with van der Waals surface area (Å²) >= 11 is 0. The van der Waals surface area contributed by atoms with Crippen molar-refractivity contribution in [2.24, 2.45) is 0 Å². The van der Waals surface area contributed by atoms with E-state index in [0.29, 0.717) is 23.9 Å². The van der Waals surface area contributed by atoms with Gasteiger partial charge in [0.2, 0.25) is 5.82 Å². The summed E-state index contributed by atoms with van der Waals surface area (Å²) in [5.41, 5.74) is 5.73. The molecule has 7 heteroatoms. The number of carboxylic acid groups (broad SMARTS) is 1. The molecule has 2 heterocycles. The molecule has 0 aliphatic carbocycles. The molecule has 30 heavy (non-hydrogen) atoms. The van der Waals surface area contributed by atoms with Crippen molar-refractivity contribution in [3.8, 4) is 34.0 Å². The van der Waals surface area contributed by atoms with Crippen LogP contribution < -0.4 is 0 Å². The molecule has 0 atom stereocenters. The number of carboxylic acids is 1. The lowest BCUT2D eigenvalue weighted by Crippen LogP contribution is -1.99. The monoisotopic (exact) mass is 401 g/mol.